The zero-order valence-electron chi connectivity index (χ0n) is 28.6. The van der Waals surface area contributed by atoms with Crippen LogP contribution in [0.25, 0.3) is 0 Å². The molecule has 4 rings (SSSR count). The Kier molecular flexibility index (Phi) is 11.9. The van der Waals surface area contributed by atoms with Crippen molar-refractivity contribution in [3.8, 4) is 0 Å². The van der Waals surface area contributed by atoms with Gasteiger partial charge in [-0.15, -0.1) is 0 Å². The summed E-state index contributed by atoms with van der Waals surface area (Å²) in [5.41, 5.74) is 0.439. The van der Waals surface area contributed by atoms with Gasteiger partial charge in [-0.1, -0.05) is 32.8 Å². The number of anilines is 1. The van der Waals surface area contributed by atoms with Gasteiger partial charge in [-0.25, -0.2) is 4.39 Å². The number of likely N-dealkylation sites (N-methyl/N-ethyl adjacent to an activating group) is 1. The maximum absolute atomic E-state index is 15.7. The number of nitrogens with one attached hydrogen (secondary N) is 3. The Balaban J connectivity index is 1.55. The third kappa shape index (κ3) is 8.74. The number of rotatable bonds is 11. The topological polar surface area (TPSA) is 129 Å². The Morgan fingerprint density at radius 2 is 1.73 bits per heavy atom. The lowest BCUT2D eigenvalue weighted by molar-refractivity contribution is -0.148. The SMILES string of the molecule is CCn1nccc1C(=O)N[C@H](C(=O)Nc1ccc([C@H](C)[C@@H](NC(=O)C(C)(F)F)C(=O)N2CCN(C)[C@@H](C)C2)cc1F)[C@H]1CC[C@H](C)CC1. The zero-order chi connectivity index (χ0) is 35.3. The molecule has 0 unspecified atom stereocenters. The van der Waals surface area contributed by atoms with Crippen molar-refractivity contribution in [2.24, 2.45) is 11.8 Å². The zero-order valence-corrected chi connectivity index (χ0v) is 28.6. The van der Waals surface area contributed by atoms with Crippen LogP contribution in [0.5, 0.6) is 0 Å². The Labute approximate surface area is 280 Å². The first-order chi connectivity index (χ1) is 22.6. The molecule has 1 aliphatic heterocycles. The normalized spacial score (nSPS) is 22.4. The molecule has 11 nitrogen and oxygen atoms in total. The molecule has 3 N–H and O–H groups in total. The van der Waals surface area contributed by atoms with Crippen LogP contribution in [0.2, 0.25) is 0 Å². The van der Waals surface area contributed by atoms with Gasteiger partial charge >= 0.3 is 5.92 Å². The largest absolute Gasteiger partial charge is 0.339 e. The van der Waals surface area contributed by atoms with Crippen LogP contribution in [0.4, 0.5) is 18.9 Å². The maximum Gasteiger partial charge on any atom is 0.321 e. The second-order valence-electron chi connectivity index (χ2n) is 13.5. The number of piperazine rings is 1. The molecule has 1 aromatic heterocycles. The van der Waals surface area contributed by atoms with Crippen molar-refractivity contribution in [1.82, 2.24) is 30.2 Å². The van der Waals surface area contributed by atoms with Crippen LogP contribution >= 0.6 is 0 Å². The molecule has 2 aliphatic rings. The molecule has 4 amide bonds. The number of carbonyl (C=O) groups is 4. The summed E-state index contributed by atoms with van der Waals surface area (Å²) in [6, 6.07) is 3.22. The Bertz CT molecular complexity index is 1470. The van der Waals surface area contributed by atoms with Gasteiger partial charge in [0.25, 0.3) is 11.8 Å². The van der Waals surface area contributed by atoms with E-state index in [-0.39, 0.29) is 23.2 Å². The third-order valence-corrected chi connectivity index (χ3v) is 9.85. The summed E-state index contributed by atoms with van der Waals surface area (Å²) in [7, 11) is 1.92. The molecular formula is C34H48F3N7O4. The van der Waals surface area contributed by atoms with Gasteiger partial charge in [-0.2, -0.15) is 13.9 Å². The second kappa shape index (κ2) is 15.5. The van der Waals surface area contributed by atoms with E-state index in [1.165, 1.54) is 27.9 Å². The van der Waals surface area contributed by atoms with Crippen molar-refractivity contribution in [3.63, 3.8) is 0 Å². The molecule has 264 valence electrons. The third-order valence-electron chi connectivity index (χ3n) is 9.85. The smallest absolute Gasteiger partial charge is 0.321 e. The molecule has 1 saturated carbocycles. The standard InChI is InChI=1S/C34H48F3N7O4/c1-7-44-27(14-15-38-44)30(45)40-29(23-10-8-20(2)9-11-23)31(46)39-26-13-12-24(18-25(26)35)22(4)28(41-33(48)34(5,36)37)32(47)43-17-16-42(6)21(3)19-43/h12-15,18,20-23,28-29H,7-11,16-17,19H2,1-6H3,(H,39,46)(H,40,45)(H,41,48)/t20-,21-,22-,23-,28+,29-/m0/s1. The first-order valence-electron chi connectivity index (χ1n) is 16.7. The lowest BCUT2D eigenvalue weighted by Crippen LogP contribution is -2.59. The molecule has 1 aromatic carbocycles. The molecule has 1 saturated heterocycles. The van der Waals surface area contributed by atoms with Gasteiger partial charge in [0.1, 0.15) is 23.6 Å². The van der Waals surface area contributed by atoms with Gasteiger partial charge in [-0.3, -0.25) is 23.9 Å². The molecule has 14 heteroatoms. The van der Waals surface area contributed by atoms with E-state index in [2.05, 4.69) is 32.9 Å². The van der Waals surface area contributed by atoms with Gasteiger partial charge in [0.05, 0.1) is 5.69 Å². The van der Waals surface area contributed by atoms with Crippen molar-refractivity contribution in [1.29, 1.82) is 0 Å². The Hall–Kier alpha value is -3.94. The quantitative estimate of drug-likeness (QED) is 0.330. The number of amides is 4. The highest BCUT2D eigenvalue weighted by molar-refractivity contribution is 6.00. The van der Waals surface area contributed by atoms with E-state index in [0.29, 0.717) is 44.7 Å². The van der Waals surface area contributed by atoms with Crippen molar-refractivity contribution >= 4 is 29.3 Å². The fraction of sp³-hybridized carbons (Fsp3) is 0.618. The number of benzene rings is 1. The molecule has 4 atom stereocenters. The maximum atomic E-state index is 15.7. The minimum atomic E-state index is -3.73. The molecule has 2 fully saturated rings. The number of hydrogen-bond donors (Lipinski definition) is 3. The lowest BCUT2D eigenvalue weighted by atomic mass is 9.79. The summed E-state index contributed by atoms with van der Waals surface area (Å²) >= 11 is 0. The molecule has 0 radical (unpaired) electrons. The summed E-state index contributed by atoms with van der Waals surface area (Å²) in [4.78, 5) is 56.5. The Morgan fingerprint density at radius 1 is 1.04 bits per heavy atom. The van der Waals surface area contributed by atoms with E-state index in [1.54, 1.807) is 13.0 Å². The summed E-state index contributed by atoms with van der Waals surface area (Å²) in [6.45, 7) is 9.66. The number of aryl methyl sites for hydroxylation is 1. The van der Waals surface area contributed by atoms with E-state index >= 15 is 4.39 Å². The fourth-order valence-electron chi connectivity index (χ4n) is 6.44. The van der Waals surface area contributed by atoms with Gasteiger partial charge < -0.3 is 25.8 Å². The first kappa shape index (κ1) is 36.9. The number of halogens is 3. The predicted molar refractivity (Wildman–Crippen MR) is 175 cm³/mol. The van der Waals surface area contributed by atoms with Gasteiger partial charge in [-0.05, 0) is 69.3 Å². The average molecular weight is 676 g/mol. The van der Waals surface area contributed by atoms with Crippen LogP contribution < -0.4 is 16.0 Å². The summed E-state index contributed by atoms with van der Waals surface area (Å²) in [5, 5.41) is 11.8. The lowest BCUT2D eigenvalue weighted by Gasteiger charge is -2.40. The number of carbonyl (C=O) groups excluding carboxylic acids is 4. The Morgan fingerprint density at radius 3 is 2.33 bits per heavy atom. The monoisotopic (exact) mass is 675 g/mol. The highest BCUT2D eigenvalue weighted by Gasteiger charge is 2.40. The number of hydrogen-bond acceptors (Lipinski definition) is 6. The molecule has 0 spiro atoms. The molecule has 2 heterocycles. The van der Waals surface area contributed by atoms with Crippen LogP contribution in [-0.4, -0.2) is 93.9 Å². The van der Waals surface area contributed by atoms with E-state index in [4.69, 9.17) is 0 Å². The average Bonchev–Trinajstić information content (AvgIpc) is 3.53. The van der Waals surface area contributed by atoms with Crippen molar-refractivity contribution in [2.45, 2.75) is 96.8 Å². The summed E-state index contributed by atoms with van der Waals surface area (Å²) in [5.74, 6) is -8.26. The molecule has 48 heavy (non-hydrogen) atoms. The summed E-state index contributed by atoms with van der Waals surface area (Å²) in [6.07, 6.45) is 4.74. The summed E-state index contributed by atoms with van der Waals surface area (Å²) < 4.78 is 45.1. The van der Waals surface area contributed by atoms with Crippen molar-refractivity contribution < 1.29 is 32.3 Å². The molecule has 1 aliphatic carbocycles. The van der Waals surface area contributed by atoms with Crippen LogP contribution in [0.1, 0.15) is 82.3 Å². The first-order valence-corrected chi connectivity index (χ1v) is 16.7. The van der Waals surface area contributed by atoms with Crippen LogP contribution in [0, 0.1) is 17.7 Å². The van der Waals surface area contributed by atoms with Crippen LogP contribution in [0.3, 0.4) is 0 Å². The van der Waals surface area contributed by atoms with Gasteiger partial charge in [0.15, 0.2) is 0 Å². The predicted octanol–water partition coefficient (Wildman–Crippen LogP) is 4.01. The van der Waals surface area contributed by atoms with Crippen molar-refractivity contribution in [3.05, 3.63) is 47.5 Å². The highest BCUT2D eigenvalue weighted by atomic mass is 19.3. The number of nitrogens with zero attached hydrogens (tertiary/aromatic N) is 4. The second-order valence-corrected chi connectivity index (χ2v) is 13.5. The van der Waals surface area contributed by atoms with E-state index in [9.17, 15) is 28.0 Å². The molecular weight excluding hydrogens is 627 g/mol. The minimum absolute atomic E-state index is 0.0155. The van der Waals surface area contributed by atoms with Crippen LogP contribution in [0.15, 0.2) is 30.5 Å². The number of aromatic nitrogens is 2. The van der Waals surface area contributed by atoms with Crippen molar-refractivity contribution in [2.75, 3.05) is 32.0 Å². The highest BCUT2D eigenvalue weighted by Crippen LogP contribution is 2.32. The van der Waals surface area contributed by atoms with Gasteiger partial charge in [0.2, 0.25) is 11.8 Å². The van der Waals surface area contributed by atoms with E-state index in [0.717, 1.165) is 31.7 Å². The van der Waals surface area contributed by atoms with Gasteiger partial charge in [0, 0.05) is 51.3 Å². The fourth-order valence-corrected chi connectivity index (χ4v) is 6.44. The van der Waals surface area contributed by atoms with E-state index in [1.807, 2.05) is 20.9 Å². The van der Waals surface area contributed by atoms with E-state index < -0.39 is 53.4 Å². The van der Waals surface area contributed by atoms with Crippen LogP contribution in [-0.2, 0) is 20.9 Å². The minimum Gasteiger partial charge on any atom is -0.339 e. The molecule has 0 bridgehead atoms. The number of alkyl halides is 2. The molecule has 2 aromatic rings.